The van der Waals surface area contributed by atoms with Crippen molar-refractivity contribution in [2.75, 3.05) is 45.6 Å². The third-order valence-electron chi connectivity index (χ3n) is 4.69. The van der Waals surface area contributed by atoms with Crippen LogP contribution in [0.4, 0.5) is 0 Å². The summed E-state index contributed by atoms with van der Waals surface area (Å²) < 4.78 is 6.77. The standard InChI is InChI=1S/C20H29N7O3S/c1-20(2,3)21-17(28)13-25-9-11-26(12-10-25)18(29)14-31-19-22-23-24-27(19)15-5-7-16(30-4)8-6-15/h5-8H,9-14H2,1-4H3,(H,21,28). The van der Waals surface area contributed by atoms with E-state index in [0.717, 1.165) is 11.4 Å². The van der Waals surface area contributed by atoms with Crippen molar-refractivity contribution in [3.8, 4) is 11.4 Å². The summed E-state index contributed by atoms with van der Waals surface area (Å²) in [5.74, 6) is 1.04. The zero-order chi connectivity index (χ0) is 22.4. The highest BCUT2D eigenvalue weighted by molar-refractivity contribution is 7.99. The zero-order valence-electron chi connectivity index (χ0n) is 18.4. The Morgan fingerprint density at radius 2 is 1.81 bits per heavy atom. The van der Waals surface area contributed by atoms with Crippen molar-refractivity contribution in [3.05, 3.63) is 24.3 Å². The molecule has 168 valence electrons. The largest absolute Gasteiger partial charge is 0.497 e. The summed E-state index contributed by atoms with van der Waals surface area (Å²) in [6.07, 6.45) is 0. The molecule has 1 fully saturated rings. The van der Waals surface area contributed by atoms with Crippen LogP contribution in [0.5, 0.6) is 5.75 Å². The summed E-state index contributed by atoms with van der Waals surface area (Å²) in [5.41, 5.74) is 0.552. The van der Waals surface area contributed by atoms with Crippen LogP contribution in [0.3, 0.4) is 0 Å². The normalized spacial score (nSPS) is 15.0. The highest BCUT2D eigenvalue weighted by atomic mass is 32.2. The summed E-state index contributed by atoms with van der Waals surface area (Å²) in [6.45, 7) is 8.80. The van der Waals surface area contributed by atoms with Crippen molar-refractivity contribution < 1.29 is 14.3 Å². The molecule has 10 nitrogen and oxygen atoms in total. The number of aromatic nitrogens is 4. The monoisotopic (exact) mass is 447 g/mol. The Morgan fingerprint density at radius 1 is 1.13 bits per heavy atom. The van der Waals surface area contributed by atoms with Gasteiger partial charge < -0.3 is 15.0 Å². The van der Waals surface area contributed by atoms with Crippen LogP contribution >= 0.6 is 11.8 Å². The van der Waals surface area contributed by atoms with E-state index >= 15 is 0 Å². The highest BCUT2D eigenvalue weighted by Crippen LogP contribution is 2.21. The third kappa shape index (κ3) is 6.66. The van der Waals surface area contributed by atoms with E-state index < -0.39 is 0 Å². The average Bonchev–Trinajstić information content (AvgIpc) is 3.20. The van der Waals surface area contributed by atoms with E-state index in [1.54, 1.807) is 11.8 Å². The van der Waals surface area contributed by atoms with Crippen molar-refractivity contribution in [2.24, 2.45) is 0 Å². The first-order valence-corrected chi connectivity index (χ1v) is 11.1. The quantitative estimate of drug-likeness (QED) is 0.622. The van der Waals surface area contributed by atoms with Crippen LogP contribution in [0.25, 0.3) is 5.69 Å². The van der Waals surface area contributed by atoms with Gasteiger partial charge in [0.25, 0.3) is 0 Å². The molecule has 2 aromatic rings. The van der Waals surface area contributed by atoms with Gasteiger partial charge in [0.1, 0.15) is 5.75 Å². The number of hydrogen-bond acceptors (Lipinski definition) is 8. The van der Waals surface area contributed by atoms with Crippen molar-refractivity contribution in [2.45, 2.75) is 31.5 Å². The zero-order valence-corrected chi connectivity index (χ0v) is 19.2. The molecule has 1 aromatic carbocycles. The van der Waals surface area contributed by atoms with Gasteiger partial charge in [0.15, 0.2) is 0 Å². The van der Waals surface area contributed by atoms with Gasteiger partial charge in [-0.15, -0.1) is 5.10 Å². The minimum absolute atomic E-state index is 0.00759. The molecule has 0 bridgehead atoms. The summed E-state index contributed by atoms with van der Waals surface area (Å²) in [4.78, 5) is 28.6. The molecular formula is C20H29N7O3S. The Kier molecular flexibility index (Phi) is 7.50. The number of nitrogens with one attached hydrogen (secondary N) is 1. The van der Waals surface area contributed by atoms with Gasteiger partial charge in [-0.05, 0) is 55.5 Å². The smallest absolute Gasteiger partial charge is 0.234 e. The number of amides is 2. The van der Waals surface area contributed by atoms with Crippen molar-refractivity contribution in [1.82, 2.24) is 35.3 Å². The second-order valence-corrected chi connectivity index (χ2v) is 9.26. The Bertz CT molecular complexity index is 887. The lowest BCUT2D eigenvalue weighted by atomic mass is 10.1. The minimum Gasteiger partial charge on any atom is -0.497 e. The van der Waals surface area contributed by atoms with Crippen LogP contribution in [0, 0.1) is 0 Å². The van der Waals surface area contributed by atoms with Crippen LogP contribution in [-0.4, -0.2) is 92.9 Å². The van der Waals surface area contributed by atoms with Crippen molar-refractivity contribution in [1.29, 1.82) is 0 Å². The number of carbonyl (C=O) groups excluding carboxylic acids is 2. The molecular weight excluding hydrogens is 418 g/mol. The number of tetrazole rings is 1. The Hall–Kier alpha value is -2.66. The van der Waals surface area contributed by atoms with Gasteiger partial charge in [0.2, 0.25) is 17.0 Å². The topological polar surface area (TPSA) is 105 Å². The molecule has 0 unspecified atom stereocenters. The van der Waals surface area contributed by atoms with Crippen molar-refractivity contribution >= 4 is 23.6 Å². The van der Waals surface area contributed by atoms with Gasteiger partial charge in [0, 0.05) is 31.7 Å². The summed E-state index contributed by atoms with van der Waals surface area (Å²) >= 11 is 1.30. The van der Waals surface area contributed by atoms with E-state index in [9.17, 15) is 9.59 Å². The molecule has 2 amide bonds. The first kappa shape index (κ1) is 23.0. The number of benzene rings is 1. The van der Waals surface area contributed by atoms with E-state index in [1.165, 1.54) is 11.8 Å². The molecule has 0 aliphatic carbocycles. The van der Waals surface area contributed by atoms with Gasteiger partial charge in [-0.3, -0.25) is 14.5 Å². The maximum atomic E-state index is 12.7. The molecule has 1 N–H and O–H groups in total. The van der Waals surface area contributed by atoms with Crippen LogP contribution in [0.1, 0.15) is 20.8 Å². The molecule has 3 rings (SSSR count). The van der Waals surface area contributed by atoms with Gasteiger partial charge in [-0.1, -0.05) is 11.8 Å². The first-order chi connectivity index (χ1) is 14.7. The van der Waals surface area contributed by atoms with Gasteiger partial charge in [-0.25, -0.2) is 0 Å². The molecule has 1 aromatic heterocycles. The first-order valence-electron chi connectivity index (χ1n) is 10.1. The second-order valence-electron chi connectivity index (χ2n) is 8.32. The molecule has 1 aliphatic heterocycles. The lowest BCUT2D eigenvalue weighted by Crippen LogP contribution is -2.53. The number of ether oxygens (including phenoxy) is 1. The maximum absolute atomic E-state index is 12.7. The van der Waals surface area contributed by atoms with E-state index in [0.29, 0.717) is 37.9 Å². The number of nitrogens with zero attached hydrogens (tertiary/aromatic N) is 6. The van der Waals surface area contributed by atoms with E-state index in [4.69, 9.17) is 4.74 Å². The third-order valence-corrected chi connectivity index (χ3v) is 5.59. The number of rotatable bonds is 7. The fourth-order valence-corrected chi connectivity index (χ4v) is 3.98. The molecule has 0 saturated carbocycles. The molecule has 0 spiro atoms. The molecule has 0 radical (unpaired) electrons. The Balaban J connectivity index is 1.47. The lowest BCUT2D eigenvalue weighted by Gasteiger charge is -2.34. The Labute approximate surface area is 186 Å². The minimum atomic E-state index is -0.243. The molecule has 2 heterocycles. The van der Waals surface area contributed by atoms with Crippen LogP contribution in [0.2, 0.25) is 0 Å². The van der Waals surface area contributed by atoms with Gasteiger partial charge in [-0.2, -0.15) is 4.68 Å². The number of carbonyl (C=O) groups is 2. The molecule has 1 saturated heterocycles. The number of methoxy groups -OCH3 is 1. The fraction of sp³-hybridized carbons (Fsp3) is 0.550. The molecule has 31 heavy (non-hydrogen) atoms. The number of thioether (sulfide) groups is 1. The van der Waals surface area contributed by atoms with E-state index in [-0.39, 0.29) is 23.1 Å². The van der Waals surface area contributed by atoms with Crippen LogP contribution in [-0.2, 0) is 9.59 Å². The maximum Gasteiger partial charge on any atom is 0.234 e. The SMILES string of the molecule is COc1ccc(-n2nnnc2SCC(=O)N2CCN(CC(=O)NC(C)(C)C)CC2)cc1. The van der Waals surface area contributed by atoms with Gasteiger partial charge >= 0.3 is 0 Å². The lowest BCUT2D eigenvalue weighted by molar-refractivity contribution is -0.130. The highest BCUT2D eigenvalue weighted by Gasteiger charge is 2.24. The predicted molar refractivity (Wildman–Crippen MR) is 117 cm³/mol. The summed E-state index contributed by atoms with van der Waals surface area (Å²) in [7, 11) is 1.61. The number of piperazine rings is 1. The molecule has 1 aliphatic rings. The fourth-order valence-electron chi connectivity index (χ4n) is 3.19. The van der Waals surface area contributed by atoms with E-state index in [1.807, 2.05) is 49.9 Å². The molecule has 11 heteroatoms. The van der Waals surface area contributed by atoms with Gasteiger partial charge in [0.05, 0.1) is 25.1 Å². The molecule has 0 atom stereocenters. The van der Waals surface area contributed by atoms with Crippen molar-refractivity contribution in [3.63, 3.8) is 0 Å². The van der Waals surface area contributed by atoms with Crippen LogP contribution < -0.4 is 10.1 Å². The second kappa shape index (κ2) is 10.1. The van der Waals surface area contributed by atoms with Crippen LogP contribution in [0.15, 0.2) is 29.4 Å². The van der Waals surface area contributed by atoms with E-state index in [2.05, 4.69) is 25.7 Å². The number of hydrogen-bond donors (Lipinski definition) is 1. The Morgan fingerprint density at radius 3 is 2.42 bits per heavy atom. The summed E-state index contributed by atoms with van der Waals surface area (Å²) in [5, 5.41) is 15.3. The summed E-state index contributed by atoms with van der Waals surface area (Å²) in [6, 6.07) is 7.38. The average molecular weight is 448 g/mol. The predicted octanol–water partition coefficient (Wildman–Crippen LogP) is 0.822.